The van der Waals surface area contributed by atoms with E-state index in [-0.39, 0.29) is 0 Å². The standard InChI is InChI=1S/C16H18O2/c1-12-5-3-7-14(9-12)16(18,11-17)15-8-4-6-13(2)10-15/h3,5,7-11,18H,4,6H2,1-2H3. The maximum Gasteiger partial charge on any atom is 0.170 e. The van der Waals surface area contributed by atoms with Crippen molar-refractivity contribution in [1.29, 1.82) is 0 Å². The molecule has 94 valence electrons. The van der Waals surface area contributed by atoms with Crippen LogP contribution in [-0.2, 0) is 10.4 Å². The fourth-order valence-corrected chi connectivity index (χ4v) is 2.30. The molecule has 0 spiro atoms. The zero-order chi connectivity index (χ0) is 13.2. The number of carbonyl (C=O) groups is 1. The van der Waals surface area contributed by atoms with Crippen LogP contribution < -0.4 is 0 Å². The lowest BCUT2D eigenvalue weighted by Gasteiger charge is -2.26. The molecule has 0 radical (unpaired) electrons. The van der Waals surface area contributed by atoms with Gasteiger partial charge in [-0.15, -0.1) is 0 Å². The molecule has 2 nitrogen and oxygen atoms in total. The lowest BCUT2D eigenvalue weighted by molar-refractivity contribution is -0.121. The van der Waals surface area contributed by atoms with E-state index in [0.29, 0.717) is 17.4 Å². The summed E-state index contributed by atoms with van der Waals surface area (Å²) in [5.74, 6) is 0. The number of hydrogen-bond acceptors (Lipinski definition) is 2. The number of hydrogen-bond donors (Lipinski definition) is 1. The van der Waals surface area contributed by atoms with Crippen molar-refractivity contribution in [2.75, 3.05) is 0 Å². The quantitative estimate of drug-likeness (QED) is 0.827. The van der Waals surface area contributed by atoms with Crippen LogP contribution in [0.1, 0.15) is 30.9 Å². The normalized spacial score (nSPS) is 18.6. The Morgan fingerprint density at radius 1 is 1.33 bits per heavy atom. The second-order valence-corrected chi connectivity index (χ2v) is 4.94. The number of aliphatic hydroxyl groups is 1. The molecule has 0 amide bonds. The molecule has 2 heteroatoms. The van der Waals surface area contributed by atoms with E-state index in [1.54, 1.807) is 6.07 Å². The number of carbonyl (C=O) groups excluding carboxylic acids is 1. The van der Waals surface area contributed by atoms with Crippen molar-refractivity contribution in [3.63, 3.8) is 0 Å². The largest absolute Gasteiger partial charge is 0.373 e. The Labute approximate surface area is 108 Å². The number of allylic oxidation sites excluding steroid dienone is 2. The summed E-state index contributed by atoms with van der Waals surface area (Å²) in [6, 6.07) is 7.46. The van der Waals surface area contributed by atoms with Crippen molar-refractivity contribution >= 4 is 6.29 Å². The maximum atomic E-state index is 11.4. The zero-order valence-electron chi connectivity index (χ0n) is 10.8. The van der Waals surface area contributed by atoms with Gasteiger partial charge in [0.05, 0.1) is 0 Å². The fourth-order valence-electron chi connectivity index (χ4n) is 2.30. The van der Waals surface area contributed by atoms with Gasteiger partial charge in [-0.25, -0.2) is 0 Å². The van der Waals surface area contributed by atoms with Crippen molar-refractivity contribution in [3.8, 4) is 0 Å². The molecule has 1 atom stereocenters. The van der Waals surface area contributed by atoms with Gasteiger partial charge in [0.1, 0.15) is 0 Å². The summed E-state index contributed by atoms with van der Waals surface area (Å²) < 4.78 is 0. The van der Waals surface area contributed by atoms with Crippen LogP contribution in [0, 0.1) is 6.92 Å². The molecule has 1 aromatic carbocycles. The summed E-state index contributed by atoms with van der Waals surface area (Å²) >= 11 is 0. The molecule has 1 N–H and O–H groups in total. The van der Waals surface area contributed by atoms with E-state index in [1.807, 2.05) is 44.2 Å². The topological polar surface area (TPSA) is 37.3 Å². The average molecular weight is 242 g/mol. The van der Waals surface area contributed by atoms with Gasteiger partial charge in [0.15, 0.2) is 11.9 Å². The second kappa shape index (κ2) is 4.91. The van der Waals surface area contributed by atoms with Crippen LogP contribution in [0.5, 0.6) is 0 Å². The Balaban J connectivity index is 2.49. The molecule has 18 heavy (non-hydrogen) atoms. The van der Waals surface area contributed by atoms with E-state index in [9.17, 15) is 9.90 Å². The molecule has 0 bridgehead atoms. The third-order valence-electron chi connectivity index (χ3n) is 3.37. The van der Waals surface area contributed by atoms with E-state index < -0.39 is 5.60 Å². The average Bonchev–Trinajstić information content (AvgIpc) is 2.38. The number of aldehydes is 1. The summed E-state index contributed by atoms with van der Waals surface area (Å²) in [5.41, 5.74) is 2.03. The molecular formula is C16H18O2. The Hall–Kier alpha value is -1.67. The van der Waals surface area contributed by atoms with Crippen LogP contribution in [0.2, 0.25) is 0 Å². The van der Waals surface area contributed by atoms with Gasteiger partial charge in [0.25, 0.3) is 0 Å². The third-order valence-corrected chi connectivity index (χ3v) is 3.37. The van der Waals surface area contributed by atoms with Crippen LogP contribution >= 0.6 is 0 Å². The monoisotopic (exact) mass is 242 g/mol. The van der Waals surface area contributed by atoms with Gasteiger partial charge in [-0.3, -0.25) is 4.79 Å². The van der Waals surface area contributed by atoms with E-state index >= 15 is 0 Å². The number of rotatable bonds is 3. The Bertz CT molecular complexity index is 526. The second-order valence-electron chi connectivity index (χ2n) is 4.94. The summed E-state index contributed by atoms with van der Waals surface area (Å²) in [6.07, 6.45) is 6.36. The Kier molecular flexibility index (Phi) is 3.48. The Morgan fingerprint density at radius 2 is 2.11 bits per heavy atom. The van der Waals surface area contributed by atoms with Gasteiger partial charge >= 0.3 is 0 Å². The van der Waals surface area contributed by atoms with Crippen LogP contribution in [0.3, 0.4) is 0 Å². The van der Waals surface area contributed by atoms with Gasteiger partial charge in [-0.2, -0.15) is 0 Å². The maximum absolute atomic E-state index is 11.4. The Morgan fingerprint density at radius 3 is 2.72 bits per heavy atom. The smallest absolute Gasteiger partial charge is 0.170 e. The first-order chi connectivity index (χ1) is 8.56. The molecule has 0 aromatic heterocycles. The van der Waals surface area contributed by atoms with Gasteiger partial charge in [0, 0.05) is 0 Å². The molecule has 0 aliphatic heterocycles. The minimum atomic E-state index is -1.52. The molecular weight excluding hydrogens is 224 g/mol. The summed E-state index contributed by atoms with van der Waals surface area (Å²) in [4.78, 5) is 11.4. The minimum absolute atomic E-state index is 0.628. The lowest BCUT2D eigenvalue weighted by Crippen LogP contribution is -2.30. The van der Waals surface area contributed by atoms with Crippen LogP contribution in [0.15, 0.2) is 47.6 Å². The highest BCUT2D eigenvalue weighted by molar-refractivity contribution is 5.73. The molecule has 1 unspecified atom stereocenters. The highest BCUT2D eigenvalue weighted by Gasteiger charge is 2.33. The van der Waals surface area contributed by atoms with Gasteiger partial charge < -0.3 is 5.11 Å². The highest BCUT2D eigenvalue weighted by atomic mass is 16.3. The molecule has 0 saturated carbocycles. The summed E-state index contributed by atoms with van der Waals surface area (Å²) in [6.45, 7) is 3.97. The first-order valence-electron chi connectivity index (χ1n) is 6.20. The summed E-state index contributed by atoms with van der Waals surface area (Å²) in [7, 11) is 0. The first kappa shape index (κ1) is 12.8. The van der Waals surface area contributed by atoms with Crippen LogP contribution in [0.4, 0.5) is 0 Å². The zero-order valence-corrected chi connectivity index (χ0v) is 10.8. The van der Waals surface area contributed by atoms with Crippen molar-refractivity contribution in [2.45, 2.75) is 32.3 Å². The van der Waals surface area contributed by atoms with Gasteiger partial charge in [0.2, 0.25) is 0 Å². The van der Waals surface area contributed by atoms with Crippen LogP contribution in [0.25, 0.3) is 0 Å². The van der Waals surface area contributed by atoms with Crippen molar-refractivity contribution < 1.29 is 9.90 Å². The highest BCUT2D eigenvalue weighted by Crippen LogP contribution is 2.33. The molecule has 0 fully saturated rings. The number of aryl methyl sites for hydroxylation is 1. The molecule has 0 heterocycles. The van der Waals surface area contributed by atoms with Crippen LogP contribution in [-0.4, -0.2) is 11.4 Å². The molecule has 1 aliphatic rings. The first-order valence-corrected chi connectivity index (χ1v) is 6.20. The third kappa shape index (κ3) is 2.29. The fraction of sp³-hybridized carbons (Fsp3) is 0.312. The molecule has 1 aromatic rings. The van der Waals surface area contributed by atoms with E-state index in [0.717, 1.165) is 18.4 Å². The van der Waals surface area contributed by atoms with Crippen molar-refractivity contribution in [2.24, 2.45) is 0 Å². The summed E-state index contributed by atoms with van der Waals surface area (Å²) in [5, 5.41) is 10.7. The molecule has 0 saturated heterocycles. The van der Waals surface area contributed by atoms with E-state index in [2.05, 4.69) is 0 Å². The SMILES string of the molecule is CC1=CC(C(O)(C=O)c2cccc(C)c2)=CCC1. The lowest BCUT2D eigenvalue weighted by atomic mass is 9.83. The van der Waals surface area contributed by atoms with Crippen molar-refractivity contribution in [1.82, 2.24) is 0 Å². The predicted octanol–water partition coefficient (Wildman–Crippen LogP) is 3.05. The van der Waals surface area contributed by atoms with E-state index in [1.165, 1.54) is 5.57 Å². The van der Waals surface area contributed by atoms with E-state index in [4.69, 9.17) is 0 Å². The minimum Gasteiger partial charge on any atom is -0.373 e. The van der Waals surface area contributed by atoms with Crippen molar-refractivity contribution in [3.05, 3.63) is 58.7 Å². The molecule has 2 rings (SSSR count). The van der Waals surface area contributed by atoms with Gasteiger partial charge in [-0.05, 0) is 37.8 Å². The molecule has 1 aliphatic carbocycles. The predicted molar refractivity (Wildman–Crippen MR) is 72.2 cm³/mol. The number of benzene rings is 1. The van der Waals surface area contributed by atoms with Gasteiger partial charge in [-0.1, -0.05) is 47.6 Å².